The second-order valence-corrected chi connectivity index (χ2v) is 8.52. The number of ketones is 1. The van der Waals surface area contributed by atoms with E-state index in [1.165, 1.54) is 16.2 Å². The van der Waals surface area contributed by atoms with Crippen LogP contribution in [-0.4, -0.2) is 11.7 Å². The van der Waals surface area contributed by atoms with E-state index >= 15 is 0 Å². The molecule has 0 aliphatic heterocycles. The predicted molar refractivity (Wildman–Crippen MR) is 115 cm³/mol. The number of anilines is 2. The lowest BCUT2D eigenvalue weighted by Crippen LogP contribution is -2.42. The van der Waals surface area contributed by atoms with Gasteiger partial charge in [0.25, 0.3) is 11.7 Å². The fourth-order valence-corrected chi connectivity index (χ4v) is 5.00. The lowest BCUT2D eigenvalue weighted by molar-refractivity contribution is -0.669. The largest absolute Gasteiger partial charge is 0.314 e. The van der Waals surface area contributed by atoms with Crippen molar-refractivity contribution in [1.82, 2.24) is 0 Å². The minimum Gasteiger partial charge on any atom is -0.314 e. The number of benzene rings is 1. The Kier molecular flexibility index (Phi) is 5.45. The number of pyridine rings is 1. The van der Waals surface area contributed by atoms with Gasteiger partial charge in [0.2, 0.25) is 0 Å². The Bertz CT molecular complexity index is 1070. The van der Waals surface area contributed by atoms with Gasteiger partial charge in [0, 0.05) is 16.5 Å². The van der Waals surface area contributed by atoms with Crippen LogP contribution in [0.25, 0.3) is 0 Å². The standard InChI is InChI=1S/C23H23N3O2S/c1-15-9-11-16(12-10-15)22(28)21-17-6-2-3-7-18(17)29-23(21)25-20(27)14-26-13-5-4-8-19(26)24/h4-5,8-13,24H,2-3,6-7,14H2,1H3,(H,25,27,28)/p+1. The van der Waals surface area contributed by atoms with Crippen LogP contribution < -0.4 is 15.6 Å². The highest BCUT2D eigenvalue weighted by Crippen LogP contribution is 2.39. The molecule has 0 bridgehead atoms. The van der Waals surface area contributed by atoms with Gasteiger partial charge in [-0.05, 0) is 44.2 Å². The molecule has 0 atom stereocenters. The number of amides is 1. The van der Waals surface area contributed by atoms with Gasteiger partial charge in [0.1, 0.15) is 5.00 Å². The summed E-state index contributed by atoms with van der Waals surface area (Å²) in [5.41, 5.74) is 9.47. The number of carbonyl (C=O) groups excluding carboxylic acids is 2. The van der Waals surface area contributed by atoms with Crippen molar-refractivity contribution in [2.75, 3.05) is 11.1 Å². The molecule has 5 nitrogen and oxygen atoms in total. The van der Waals surface area contributed by atoms with Gasteiger partial charge in [0.15, 0.2) is 12.3 Å². The Morgan fingerprint density at radius 1 is 1.10 bits per heavy atom. The second-order valence-electron chi connectivity index (χ2n) is 7.41. The minimum absolute atomic E-state index is 0.0217. The molecule has 0 saturated heterocycles. The highest BCUT2D eigenvalue weighted by molar-refractivity contribution is 7.17. The van der Waals surface area contributed by atoms with E-state index in [0.29, 0.717) is 21.9 Å². The van der Waals surface area contributed by atoms with Crippen LogP contribution >= 0.6 is 11.3 Å². The highest BCUT2D eigenvalue weighted by atomic mass is 32.1. The number of nitrogens with two attached hydrogens (primary N) is 1. The van der Waals surface area contributed by atoms with Crippen molar-refractivity contribution in [1.29, 1.82) is 0 Å². The zero-order valence-electron chi connectivity index (χ0n) is 16.4. The van der Waals surface area contributed by atoms with Crippen molar-refractivity contribution in [2.24, 2.45) is 0 Å². The number of rotatable bonds is 5. The molecule has 3 aromatic rings. The summed E-state index contributed by atoms with van der Waals surface area (Å²) in [5.74, 6) is 0.306. The third kappa shape index (κ3) is 4.07. The summed E-state index contributed by atoms with van der Waals surface area (Å²) in [6, 6.07) is 13.0. The van der Waals surface area contributed by atoms with Crippen LogP contribution in [0.5, 0.6) is 0 Å². The van der Waals surface area contributed by atoms with Gasteiger partial charge in [-0.15, -0.1) is 11.3 Å². The van der Waals surface area contributed by atoms with Gasteiger partial charge in [-0.3, -0.25) is 15.3 Å². The number of carbonyl (C=O) groups is 2. The van der Waals surface area contributed by atoms with Crippen LogP contribution in [0.3, 0.4) is 0 Å². The summed E-state index contributed by atoms with van der Waals surface area (Å²) in [5, 5.41) is 3.64. The average Bonchev–Trinajstić information content (AvgIpc) is 3.07. The van der Waals surface area contributed by atoms with E-state index in [0.717, 1.165) is 36.8 Å². The molecule has 2 heterocycles. The lowest BCUT2D eigenvalue weighted by atomic mass is 9.91. The number of fused-ring (bicyclic) bond motifs is 1. The van der Waals surface area contributed by atoms with Crippen LogP contribution in [-0.2, 0) is 24.2 Å². The fraction of sp³-hybridized carbons (Fsp3) is 0.261. The number of aryl methyl sites for hydroxylation is 2. The molecule has 0 fully saturated rings. The Morgan fingerprint density at radius 3 is 2.62 bits per heavy atom. The minimum atomic E-state index is -0.190. The topological polar surface area (TPSA) is 76.1 Å². The Hall–Kier alpha value is -2.99. The van der Waals surface area contributed by atoms with Crippen LogP contribution in [0.4, 0.5) is 10.8 Å². The Morgan fingerprint density at radius 2 is 1.86 bits per heavy atom. The number of hydrogen-bond acceptors (Lipinski definition) is 4. The number of hydrogen-bond donors (Lipinski definition) is 2. The number of nitrogens with one attached hydrogen (secondary N) is 1. The fourth-order valence-electron chi connectivity index (χ4n) is 3.70. The van der Waals surface area contributed by atoms with Gasteiger partial charge < -0.3 is 5.32 Å². The zero-order valence-corrected chi connectivity index (χ0v) is 17.2. The molecule has 1 aliphatic rings. The van der Waals surface area contributed by atoms with Crippen LogP contribution in [0.15, 0.2) is 48.7 Å². The first-order chi connectivity index (χ1) is 14.0. The molecule has 0 spiro atoms. The molecule has 0 saturated carbocycles. The maximum atomic E-state index is 13.3. The zero-order chi connectivity index (χ0) is 20.4. The quantitative estimate of drug-likeness (QED) is 0.501. The molecule has 148 valence electrons. The Labute approximate surface area is 174 Å². The van der Waals surface area contributed by atoms with E-state index in [9.17, 15) is 9.59 Å². The summed E-state index contributed by atoms with van der Waals surface area (Å²) in [6.45, 7) is 2.10. The Balaban J connectivity index is 1.65. The van der Waals surface area contributed by atoms with E-state index in [4.69, 9.17) is 5.73 Å². The van der Waals surface area contributed by atoms with Crippen molar-refractivity contribution in [3.05, 3.63) is 75.8 Å². The summed E-state index contributed by atoms with van der Waals surface area (Å²) >= 11 is 1.54. The van der Waals surface area contributed by atoms with Crippen molar-refractivity contribution < 1.29 is 14.2 Å². The van der Waals surface area contributed by atoms with Crippen LogP contribution in [0.2, 0.25) is 0 Å². The first kappa shape index (κ1) is 19.3. The third-order valence-electron chi connectivity index (χ3n) is 5.25. The molecule has 29 heavy (non-hydrogen) atoms. The SMILES string of the molecule is Cc1ccc(C(=O)c2c(NC(=O)C[n+]3ccccc3N)sc3c2CCCC3)cc1. The smallest absolute Gasteiger partial charge is 0.272 e. The molecular weight excluding hydrogens is 382 g/mol. The summed E-state index contributed by atoms with van der Waals surface area (Å²) < 4.78 is 1.68. The first-order valence-electron chi connectivity index (χ1n) is 9.82. The van der Waals surface area contributed by atoms with Crippen molar-refractivity contribution in [3.8, 4) is 0 Å². The molecule has 1 aromatic carbocycles. The molecule has 4 rings (SSSR count). The molecule has 3 N–H and O–H groups in total. The van der Waals surface area contributed by atoms with E-state index in [1.807, 2.05) is 43.3 Å². The van der Waals surface area contributed by atoms with E-state index in [1.54, 1.807) is 16.8 Å². The van der Waals surface area contributed by atoms with E-state index in [2.05, 4.69) is 5.32 Å². The molecule has 0 radical (unpaired) electrons. The van der Waals surface area contributed by atoms with Gasteiger partial charge in [0.05, 0.1) is 11.8 Å². The third-order valence-corrected chi connectivity index (χ3v) is 6.46. The number of aromatic nitrogens is 1. The van der Waals surface area contributed by atoms with E-state index < -0.39 is 0 Å². The first-order valence-corrected chi connectivity index (χ1v) is 10.6. The van der Waals surface area contributed by atoms with Crippen LogP contribution in [0, 0.1) is 6.92 Å². The lowest BCUT2D eigenvalue weighted by Gasteiger charge is -2.13. The summed E-state index contributed by atoms with van der Waals surface area (Å²) in [4.78, 5) is 27.3. The van der Waals surface area contributed by atoms with Gasteiger partial charge in [-0.2, -0.15) is 0 Å². The number of nitrogens with zero attached hydrogens (tertiary/aromatic N) is 1. The van der Waals surface area contributed by atoms with Gasteiger partial charge in [-0.25, -0.2) is 4.57 Å². The normalized spacial score (nSPS) is 13.0. The van der Waals surface area contributed by atoms with Gasteiger partial charge in [-0.1, -0.05) is 35.9 Å². The summed E-state index contributed by atoms with van der Waals surface area (Å²) in [7, 11) is 0. The number of thiophene rings is 1. The number of nitrogen functional groups attached to an aromatic ring is 1. The molecule has 6 heteroatoms. The molecule has 0 unspecified atom stereocenters. The summed E-state index contributed by atoms with van der Waals surface area (Å²) in [6.07, 6.45) is 5.81. The monoisotopic (exact) mass is 406 g/mol. The molecule has 2 aromatic heterocycles. The molecule has 1 amide bonds. The second kappa shape index (κ2) is 8.17. The maximum absolute atomic E-state index is 13.3. The van der Waals surface area contributed by atoms with Crippen LogP contribution in [0.1, 0.15) is 44.8 Å². The maximum Gasteiger partial charge on any atom is 0.272 e. The molecule has 1 aliphatic carbocycles. The van der Waals surface area contributed by atoms with Crippen molar-refractivity contribution >= 4 is 33.8 Å². The highest BCUT2D eigenvalue weighted by Gasteiger charge is 2.27. The van der Waals surface area contributed by atoms with E-state index in [-0.39, 0.29) is 18.2 Å². The van der Waals surface area contributed by atoms with Crippen molar-refractivity contribution in [3.63, 3.8) is 0 Å². The predicted octanol–water partition coefficient (Wildman–Crippen LogP) is 3.67. The van der Waals surface area contributed by atoms with Gasteiger partial charge >= 0.3 is 0 Å². The van der Waals surface area contributed by atoms with Crippen molar-refractivity contribution in [2.45, 2.75) is 39.2 Å². The average molecular weight is 407 g/mol. The molecular formula is C23H24N3O2S+.